The van der Waals surface area contributed by atoms with Crippen LogP contribution in [0.25, 0.3) is 0 Å². The van der Waals surface area contributed by atoms with Gasteiger partial charge >= 0.3 is 0 Å². The van der Waals surface area contributed by atoms with E-state index in [9.17, 15) is 0 Å². The van der Waals surface area contributed by atoms with Crippen molar-refractivity contribution >= 4 is 23.1 Å². The highest BCUT2D eigenvalue weighted by Crippen LogP contribution is 2.18. The topological polar surface area (TPSA) is 37.0 Å². The van der Waals surface area contributed by atoms with Crippen molar-refractivity contribution < 1.29 is 22.1 Å². The molecule has 104 valence electrons. The Balaban J connectivity index is 0.00000180. The molecule has 0 radical (unpaired) electrons. The number of pyridine rings is 1. The zero-order chi connectivity index (χ0) is 13.0. The molecule has 19 heavy (non-hydrogen) atoms. The molecule has 0 aromatic carbocycles. The summed E-state index contributed by atoms with van der Waals surface area (Å²) in [5.41, 5.74) is 1.24. The van der Waals surface area contributed by atoms with Gasteiger partial charge in [-0.3, -0.25) is 0 Å². The molecule has 0 amide bonds. The van der Waals surface area contributed by atoms with Gasteiger partial charge in [-0.1, -0.05) is 11.3 Å². The van der Waals surface area contributed by atoms with Gasteiger partial charge in [0.2, 0.25) is 5.01 Å². The SMILES string of the molecule is CSc1ncccc1C[n+]1cc(CCO)sc1C.[Cl-]. The summed E-state index contributed by atoms with van der Waals surface area (Å²) in [6.45, 7) is 3.17. The summed E-state index contributed by atoms with van der Waals surface area (Å²) < 4.78 is 2.23. The number of rotatable bonds is 5. The molecule has 0 saturated carbocycles. The molecule has 0 bridgehead atoms. The van der Waals surface area contributed by atoms with E-state index in [1.54, 1.807) is 23.1 Å². The second kappa shape index (κ2) is 7.85. The van der Waals surface area contributed by atoms with Gasteiger partial charge in [0.05, 0.1) is 4.88 Å². The lowest BCUT2D eigenvalue weighted by Gasteiger charge is -2.01. The summed E-state index contributed by atoms with van der Waals surface area (Å²) in [6, 6.07) is 4.10. The van der Waals surface area contributed by atoms with E-state index in [1.165, 1.54) is 15.4 Å². The van der Waals surface area contributed by atoms with Crippen LogP contribution in [0.1, 0.15) is 15.4 Å². The van der Waals surface area contributed by atoms with E-state index in [0.29, 0.717) is 0 Å². The summed E-state index contributed by atoms with van der Waals surface area (Å²) >= 11 is 3.42. The predicted octanol–water partition coefficient (Wildman–Crippen LogP) is -0.952. The molecule has 0 fully saturated rings. The van der Waals surface area contributed by atoms with E-state index in [1.807, 2.05) is 18.5 Å². The monoisotopic (exact) mass is 316 g/mol. The van der Waals surface area contributed by atoms with Gasteiger partial charge in [0.15, 0.2) is 12.7 Å². The van der Waals surface area contributed by atoms with Crippen LogP contribution >= 0.6 is 23.1 Å². The molecule has 0 aliphatic rings. The Bertz CT molecular complexity index is 531. The van der Waals surface area contributed by atoms with E-state index in [2.05, 4.69) is 28.7 Å². The summed E-state index contributed by atoms with van der Waals surface area (Å²) in [6.07, 6.45) is 6.75. The highest BCUT2D eigenvalue weighted by molar-refractivity contribution is 7.98. The first kappa shape index (κ1) is 16.4. The van der Waals surface area contributed by atoms with E-state index in [4.69, 9.17) is 5.11 Å². The van der Waals surface area contributed by atoms with Gasteiger partial charge in [-0.25, -0.2) is 4.98 Å². The quantitative estimate of drug-likeness (QED) is 0.571. The number of aryl methyl sites for hydroxylation is 1. The fourth-order valence-corrected chi connectivity index (χ4v) is 3.38. The van der Waals surface area contributed by atoms with Crippen LogP contribution in [0, 0.1) is 6.92 Å². The van der Waals surface area contributed by atoms with Crippen LogP contribution in [-0.4, -0.2) is 23.0 Å². The van der Waals surface area contributed by atoms with E-state index >= 15 is 0 Å². The summed E-state index contributed by atoms with van der Waals surface area (Å²) in [4.78, 5) is 5.61. The van der Waals surface area contributed by atoms with Crippen LogP contribution < -0.4 is 17.0 Å². The van der Waals surface area contributed by atoms with Gasteiger partial charge in [-0.15, -0.1) is 11.8 Å². The fraction of sp³-hybridized carbons (Fsp3) is 0.385. The Morgan fingerprint density at radius 2 is 2.26 bits per heavy atom. The van der Waals surface area contributed by atoms with Crippen LogP contribution in [0.5, 0.6) is 0 Å². The lowest BCUT2D eigenvalue weighted by atomic mass is 10.3. The van der Waals surface area contributed by atoms with Crippen molar-refractivity contribution in [3.63, 3.8) is 0 Å². The van der Waals surface area contributed by atoms with Crippen molar-refractivity contribution in [2.75, 3.05) is 12.9 Å². The van der Waals surface area contributed by atoms with Crippen molar-refractivity contribution in [1.82, 2.24) is 4.98 Å². The Hall–Kier alpha value is -0.620. The third-order valence-electron chi connectivity index (χ3n) is 2.73. The smallest absolute Gasteiger partial charge is 0.234 e. The van der Waals surface area contributed by atoms with Crippen LogP contribution in [0.15, 0.2) is 29.6 Å². The molecule has 0 atom stereocenters. The number of aromatic nitrogens is 2. The molecule has 2 rings (SSSR count). The molecule has 0 aliphatic carbocycles. The minimum atomic E-state index is 0. The van der Waals surface area contributed by atoms with E-state index < -0.39 is 0 Å². The second-order valence-electron chi connectivity index (χ2n) is 3.99. The standard InChI is InChI=1S/C13H17N2OS2.ClH/c1-10-15(9-12(18-10)5-7-16)8-11-4-3-6-14-13(11)17-2;/h3-4,6,9,16H,5,7-8H2,1-2H3;1H/q+1;/p-1. The summed E-state index contributed by atoms with van der Waals surface area (Å²) in [5.74, 6) is 0. The Labute approximate surface area is 128 Å². The highest BCUT2D eigenvalue weighted by Gasteiger charge is 2.15. The maximum absolute atomic E-state index is 8.98. The maximum atomic E-state index is 8.98. The summed E-state index contributed by atoms with van der Waals surface area (Å²) in [5, 5.41) is 11.3. The molecule has 3 nitrogen and oxygen atoms in total. The molecule has 2 aromatic rings. The molecule has 6 heteroatoms. The van der Waals surface area contributed by atoms with Gasteiger partial charge in [-0.2, -0.15) is 4.57 Å². The number of aliphatic hydroxyl groups excluding tert-OH is 1. The fourth-order valence-electron chi connectivity index (χ4n) is 1.83. The summed E-state index contributed by atoms with van der Waals surface area (Å²) in [7, 11) is 0. The van der Waals surface area contributed by atoms with Crippen LogP contribution in [0.4, 0.5) is 0 Å². The van der Waals surface area contributed by atoms with Crippen molar-refractivity contribution in [2.24, 2.45) is 0 Å². The van der Waals surface area contributed by atoms with Crippen LogP contribution in [0.3, 0.4) is 0 Å². The largest absolute Gasteiger partial charge is 1.00 e. The maximum Gasteiger partial charge on any atom is 0.234 e. The average Bonchev–Trinajstić information content (AvgIpc) is 2.71. The minimum Gasteiger partial charge on any atom is -1.00 e. The Kier molecular flexibility index (Phi) is 6.79. The minimum absolute atomic E-state index is 0. The third kappa shape index (κ3) is 4.18. The first-order chi connectivity index (χ1) is 8.74. The first-order valence-electron chi connectivity index (χ1n) is 5.82. The van der Waals surface area contributed by atoms with Gasteiger partial charge in [0, 0.05) is 31.7 Å². The Morgan fingerprint density at radius 3 is 2.95 bits per heavy atom. The number of nitrogens with zero attached hydrogens (tertiary/aromatic N) is 2. The van der Waals surface area contributed by atoms with Crippen LogP contribution in [-0.2, 0) is 13.0 Å². The van der Waals surface area contributed by atoms with Gasteiger partial charge < -0.3 is 17.5 Å². The highest BCUT2D eigenvalue weighted by atomic mass is 35.5. The predicted molar refractivity (Wildman–Crippen MR) is 75.2 cm³/mol. The molecule has 1 N–H and O–H groups in total. The molecular formula is C13H17ClN2OS2. The lowest BCUT2D eigenvalue weighted by Crippen LogP contribution is -3.00. The Morgan fingerprint density at radius 1 is 1.47 bits per heavy atom. The van der Waals surface area contributed by atoms with Gasteiger partial charge in [-0.05, 0) is 18.4 Å². The number of thioether (sulfide) groups is 1. The number of hydrogen-bond donors (Lipinski definition) is 1. The molecule has 2 heterocycles. The number of aliphatic hydroxyl groups is 1. The molecule has 0 unspecified atom stereocenters. The number of halogens is 1. The van der Waals surface area contributed by atoms with Gasteiger partial charge in [0.25, 0.3) is 0 Å². The first-order valence-corrected chi connectivity index (χ1v) is 7.86. The van der Waals surface area contributed by atoms with E-state index in [-0.39, 0.29) is 19.0 Å². The van der Waals surface area contributed by atoms with Crippen molar-refractivity contribution in [3.05, 3.63) is 40.0 Å². The molecule has 0 aliphatic heterocycles. The van der Waals surface area contributed by atoms with Gasteiger partial charge in [0.1, 0.15) is 5.03 Å². The molecule has 2 aromatic heterocycles. The molecular weight excluding hydrogens is 300 g/mol. The van der Waals surface area contributed by atoms with Crippen molar-refractivity contribution in [3.8, 4) is 0 Å². The lowest BCUT2D eigenvalue weighted by molar-refractivity contribution is -0.689. The van der Waals surface area contributed by atoms with E-state index in [0.717, 1.165) is 18.0 Å². The zero-order valence-electron chi connectivity index (χ0n) is 11.0. The third-order valence-corrected chi connectivity index (χ3v) is 4.58. The second-order valence-corrected chi connectivity index (χ2v) is 6.10. The normalized spacial score (nSPS) is 10.3. The van der Waals surface area contributed by atoms with Crippen LogP contribution in [0.2, 0.25) is 0 Å². The number of thiazole rings is 1. The average molecular weight is 317 g/mol. The molecule has 0 spiro atoms. The van der Waals surface area contributed by atoms with Crippen molar-refractivity contribution in [2.45, 2.75) is 24.9 Å². The molecule has 0 saturated heterocycles. The number of hydrogen-bond acceptors (Lipinski definition) is 4. The van der Waals surface area contributed by atoms with Crippen molar-refractivity contribution in [1.29, 1.82) is 0 Å². The zero-order valence-corrected chi connectivity index (χ0v) is 13.4.